The van der Waals surface area contributed by atoms with Crippen LogP contribution >= 0.6 is 0 Å². The number of ether oxygens (including phenoxy) is 1. The van der Waals surface area contributed by atoms with E-state index in [2.05, 4.69) is 14.9 Å². The topological polar surface area (TPSA) is 58.6 Å². The molecule has 0 saturated heterocycles. The maximum atomic E-state index is 12.7. The quantitative estimate of drug-likeness (QED) is 0.858. The fourth-order valence-corrected chi connectivity index (χ4v) is 2.71. The molecule has 1 aliphatic rings. The highest BCUT2D eigenvalue weighted by molar-refractivity contribution is 5.92. The predicted molar refractivity (Wildman–Crippen MR) is 87.3 cm³/mol. The fourth-order valence-electron chi connectivity index (χ4n) is 2.71. The molecule has 23 heavy (non-hydrogen) atoms. The number of nitrogens with zero attached hydrogens (tertiary/aromatic N) is 4. The van der Waals surface area contributed by atoms with Crippen LogP contribution in [0.2, 0.25) is 0 Å². The Balaban J connectivity index is 1.84. The second-order valence-corrected chi connectivity index (χ2v) is 5.41. The third kappa shape index (κ3) is 3.48. The van der Waals surface area contributed by atoms with E-state index in [1.165, 1.54) is 0 Å². The Bertz CT molecular complexity index is 663. The van der Waals surface area contributed by atoms with Crippen molar-refractivity contribution in [2.75, 3.05) is 38.3 Å². The lowest BCUT2D eigenvalue weighted by Crippen LogP contribution is -2.36. The number of fused-ring (bicyclic) bond motifs is 1. The molecular weight excluding hydrogens is 292 g/mol. The molecule has 0 atom stereocenters. The largest absolute Gasteiger partial charge is 0.383 e. The minimum atomic E-state index is -0.0472. The highest BCUT2D eigenvalue weighted by atomic mass is 16.5. The number of hydrogen-bond donors (Lipinski definition) is 0. The summed E-state index contributed by atoms with van der Waals surface area (Å²) in [5.41, 5.74) is 1.52. The van der Waals surface area contributed by atoms with E-state index in [9.17, 15) is 4.79 Å². The summed E-state index contributed by atoms with van der Waals surface area (Å²) in [5.74, 6) is 0.884. The molecule has 1 amide bonds. The maximum absolute atomic E-state index is 12.7. The molecule has 0 radical (unpaired) electrons. The molecule has 3 rings (SSSR count). The maximum Gasteiger partial charge on any atom is 0.272 e. The molecule has 0 spiro atoms. The van der Waals surface area contributed by atoms with Crippen LogP contribution in [-0.2, 0) is 11.3 Å². The van der Waals surface area contributed by atoms with Gasteiger partial charge in [-0.15, -0.1) is 0 Å². The Hall–Kier alpha value is -2.47. The van der Waals surface area contributed by atoms with E-state index < -0.39 is 0 Å². The molecule has 0 fully saturated rings. The molecule has 6 nitrogen and oxygen atoms in total. The first kappa shape index (κ1) is 15.4. The Labute approximate surface area is 135 Å². The van der Waals surface area contributed by atoms with E-state index >= 15 is 0 Å². The number of carbonyl (C=O) groups excluding carboxylic acids is 1. The molecule has 0 saturated carbocycles. The summed E-state index contributed by atoms with van der Waals surface area (Å²) in [7, 11) is 1.69. The lowest BCUT2D eigenvalue weighted by atomic mass is 10.2. The highest BCUT2D eigenvalue weighted by Crippen LogP contribution is 2.23. The molecule has 2 aromatic heterocycles. The van der Waals surface area contributed by atoms with Crippen molar-refractivity contribution in [3.8, 4) is 0 Å². The number of anilines is 1. The molecule has 0 unspecified atom stereocenters. The molecule has 1 aliphatic heterocycles. The van der Waals surface area contributed by atoms with Crippen LogP contribution < -0.4 is 4.90 Å². The molecular formula is C17H20N4O2. The van der Waals surface area contributed by atoms with Crippen LogP contribution in [0.5, 0.6) is 0 Å². The van der Waals surface area contributed by atoms with E-state index in [-0.39, 0.29) is 5.91 Å². The minimum absolute atomic E-state index is 0.0472. The van der Waals surface area contributed by atoms with Crippen LogP contribution in [0.4, 0.5) is 5.82 Å². The predicted octanol–water partition coefficient (Wildman–Crippen LogP) is 1.59. The molecule has 0 N–H and O–H groups in total. The number of aromatic nitrogens is 2. The fraction of sp³-hybridized carbons (Fsp3) is 0.353. The van der Waals surface area contributed by atoms with E-state index in [1.807, 2.05) is 29.2 Å². The van der Waals surface area contributed by atoms with Gasteiger partial charge in [-0.05, 0) is 18.2 Å². The third-order valence-electron chi connectivity index (χ3n) is 3.90. The number of pyridine rings is 2. The van der Waals surface area contributed by atoms with Crippen molar-refractivity contribution in [1.82, 2.24) is 14.9 Å². The summed E-state index contributed by atoms with van der Waals surface area (Å²) in [5, 5.41) is 0. The number of rotatable bonds is 4. The van der Waals surface area contributed by atoms with Crippen LogP contribution in [0.25, 0.3) is 0 Å². The van der Waals surface area contributed by atoms with Gasteiger partial charge in [0.2, 0.25) is 0 Å². The zero-order valence-corrected chi connectivity index (χ0v) is 13.2. The average Bonchev–Trinajstić information content (AvgIpc) is 2.79. The summed E-state index contributed by atoms with van der Waals surface area (Å²) in [6.45, 7) is 3.29. The third-order valence-corrected chi connectivity index (χ3v) is 3.90. The smallest absolute Gasteiger partial charge is 0.272 e. The van der Waals surface area contributed by atoms with Gasteiger partial charge in [-0.25, -0.2) is 4.98 Å². The van der Waals surface area contributed by atoms with Crippen LogP contribution in [-0.4, -0.2) is 54.1 Å². The normalized spacial score (nSPS) is 14.3. The minimum Gasteiger partial charge on any atom is -0.383 e. The second-order valence-electron chi connectivity index (χ2n) is 5.41. The van der Waals surface area contributed by atoms with Crippen LogP contribution in [0.1, 0.15) is 16.1 Å². The molecule has 2 aromatic rings. The van der Waals surface area contributed by atoms with Crippen LogP contribution in [0.15, 0.2) is 42.7 Å². The van der Waals surface area contributed by atoms with Gasteiger partial charge in [-0.1, -0.05) is 12.1 Å². The van der Waals surface area contributed by atoms with Crippen molar-refractivity contribution in [1.29, 1.82) is 0 Å². The first-order valence-corrected chi connectivity index (χ1v) is 7.67. The Kier molecular flexibility index (Phi) is 4.83. The molecule has 6 heteroatoms. The summed E-state index contributed by atoms with van der Waals surface area (Å²) in [6.07, 6.45) is 3.43. The molecule has 0 aliphatic carbocycles. The van der Waals surface area contributed by atoms with Crippen molar-refractivity contribution < 1.29 is 9.53 Å². The van der Waals surface area contributed by atoms with Gasteiger partial charge in [0.25, 0.3) is 5.91 Å². The van der Waals surface area contributed by atoms with Gasteiger partial charge >= 0.3 is 0 Å². The Morgan fingerprint density at radius 1 is 1.17 bits per heavy atom. The molecule has 120 valence electrons. The van der Waals surface area contributed by atoms with Crippen LogP contribution in [0, 0.1) is 0 Å². The lowest BCUT2D eigenvalue weighted by Gasteiger charge is -2.23. The van der Waals surface area contributed by atoms with Crippen molar-refractivity contribution in [3.05, 3.63) is 54.0 Å². The summed E-state index contributed by atoms with van der Waals surface area (Å²) in [4.78, 5) is 25.3. The van der Waals surface area contributed by atoms with Gasteiger partial charge in [-0.3, -0.25) is 9.78 Å². The average molecular weight is 312 g/mol. The van der Waals surface area contributed by atoms with Gasteiger partial charge in [0.05, 0.1) is 6.61 Å². The summed E-state index contributed by atoms with van der Waals surface area (Å²) >= 11 is 0. The molecule has 0 bridgehead atoms. The molecule has 0 aromatic carbocycles. The standard InChI is InChI=1S/C17H20N4O2/c1-23-12-11-20-9-10-21(13-14-5-4-8-19-16(14)20)17(22)15-6-2-3-7-18-15/h2-8H,9-13H2,1H3. The first-order valence-electron chi connectivity index (χ1n) is 7.67. The first-order chi connectivity index (χ1) is 11.3. The Morgan fingerprint density at radius 3 is 2.83 bits per heavy atom. The van der Waals surface area contributed by atoms with Gasteiger partial charge in [-0.2, -0.15) is 0 Å². The van der Waals surface area contributed by atoms with E-state index in [1.54, 1.807) is 25.6 Å². The van der Waals surface area contributed by atoms with Crippen molar-refractivity contribution in [2.24, 2.45) is 0 Å². The van der Waals surface area contributed by atoms with Crippen molar-refractivity contribution >= 4 is 11.7 Å². The summed E-state index contributed by atoms with van der Waals surface area (Å²) in [6, 6.07) is 9.32. The van der Waals surface area contributed by atoms with Crippen molar-refractivity contribution in [3.63, 3.8) is 0 Å². The van der Waals surface area contributed by atoms with Gasteiger partial charge in [0.1, 0.15) is 11.5 Å². The highest BCUT2D eigenvalue weighted by Gasteiger charge is 2.24. The van der Waals surface area contributed by atoms with Gasteiger partial charge in [0.15, 0.2) is 0 Å². The van der Waals surface area contributed by atoms with E-state index in [0.29, 0.717) is 25.4 Å². The Morgan fingerprint density at radius 2 is 2.04 bits per heavy atom. The number of carbonyl (C=O) groups is 1. The van der Waals surface area contributed by atoms with Crippen LogP contribution in [0.3, 0.4) is 0 Å². The summed E-state index contributed by atoms with van der Waals surface area (Å²) < 4.78 is 5.18. The zero-order valence-electron chi connectivity index (χ0n) is 13.2. The van der Waals surface area contributed by atoms with E-state index in [0.717, 1.165) is 24.5 Å². The molecule has 3 heterocycles. The monoisotopic (exact) mass is 312 g/mol. The zero-order chi connectivity index (χ0) is 16.1. The SMILES string of the molecule is COCCN1CCN(C(=O)c2ccccn2)Cc2cccnc21. The van der Waals surface area contributed by atoms with Gasteiger partial charge in [0, 0.05) is 51.2 Å². The number of methoxy groups -OCH3 is 1. The second kappa shape index (κ2) is 7.19. The van der Waals surface area contributed by atoms with Gasteiger partial charge < -0.3 is 14.5 Å². The number of hydrogen-bond acceptors (Lipinski definition) is 5. The van der Waals surface area contributed by atoms with E-state index in [4.69, 9.17) is 4.74 Å². The lowest BCUT2D eigenvalue weighted by molar-refractivity contribution is 0.0745. The van der Waals surface area contributed by atoms with Crippen molar-refractivity contribution in [2.45, 2.75) is 6.54 Å². The number of amides is 1.